The first-order valence-electron chi connectivity index (χ1n) is 5.30. The van der Waals surface area contributed by atoms with E-state index in [4.69, 9.17) is 10.5 Å². The highest BCUT2D eigenvalue weighted by molar-refractivity contribution is 5.85. The van der Waals surface area contributed by atoms with Crippen molar-refractivity contribution in [1.29, 1.82) is 0 Å². The van der Waals surface area contributed by atoms with Gasteiger partial charge in [-0.05, 0) is 26.3 Å². The van der Waals surface area contributed by atoms with Crippen LogP contribution in [0.25, 0.3) is 0 Å². The zero-order chi connectivity index (χ0) is 12.3. The molecule has 1 aromatic rings. The Balaban J connectivity index is 0.00000256. The Kier molecular flexibility index (Phi) is 5.66. The molecule has 17 heavy (non-hydrogen) atoms. The topological polar surface area (TPSA) is 52.3 Å². The Labute approximate surface area is 109 Å². The number of hydrogen-bond donors (Lipinski definition) is 1. The molecule has 0 amide bonds. The summed E-state index contributed by atoms with van der Waals surface area (Å²) in [4.78, 5) is 11.6. The van der Waals surface area contributed by atoms with Crippen molar-refractivity contribution < 1.29 is 9.53 Å². The van der Waals surface area contributed by atoms with Gasteiger partial charge in [0.1, 0.15) is 0 Å². The quantitative estimate of drug-likeness (QED) is 0.847. The molecular weight excluding hydrogens is 238 g/mol. The van der Waals surface area contributed by atoms with Gasteiger partial charge in [0.15, 0.2) is 0 Å². The maximum Gasteiger partial charge on any atom is 0.313 e. The van der Waals surface area contributed by atoms with E-state index >= 15 is 0 Å². The van der Waals surface area contributed by atoms with E-state index in [2.05, 4.69) is 0 Å². The van der Waals surface area contributed by atoms with Crippen molar-refractivity contribution in [2.24, 2.45) is 11.1 Å². The Morgan fingerprint density at radius 3 is 2.47 bits per heavy atom. The smallest absolute Gasteiger partial charge is 0.313 e. The summed E-state index contributed by atoms with van der Waals surface area (Å²) < 4.78 is 4.77. The molecule has 0 saturated heterocycles. The van der Waals surface area contributed by atoms with Crippen molar-refractivity contribution in [2.45, 2.75) is 26.8 Å². The van der Waals surface area contributed by atoms with E-state index < -0.39 is 5.41 Å². The predicted octanol–water partition coefficient (Wildman–Crippen LogP) is 2.62. The Bertz CT molecular complexity index is 391. The maximum absolute atomic E-state index is 11.6. The minimum absolute atomic E-state index is 0. The maximum atomic E-state index is 11.6. The van der Waals surface area contributed by atoms with Crippen molar-refractivity contribution in [1.82, 2.24) is 0 Å². The molecule has 96 valence electrons. The summed E-state index contributed by atoms with van der Waals surface area (Å²) >= 11 is 0. The first kappa shape index (κ1) is 15.9. The van der Waals surface area contributed by atoms with Gasteiger partial charge in [-0.15, -0.1) is 12.4 Å². The zero-order valence-corrected chi connectivity index (χ0v) is 11.5. The van der Waals surface area contributed by atoms with Crippen molar-refractivity contribution in [2.75, 3.05) is 7.11 Å². The summed E-state index contributed by atoms with van der Waals surface area (Å²) in [5, 5.41) is 0. The van der Waals surface area contributed by atoms with Crippen LogP contribution < -0.4 is 5.73 Å². The molecule has 0 aliphatic heterocycles. The highest BCUT2D eigenvalue weighted by Crippen LogP contribution is 2.32. The number of carbonyl (C=O) groups excluding carboxylic acids is 1. The lowest BCUT2D eigenvalue weighted by Crippen LogP contribution is -2.37. The first-order chi connectivity index (χ1) is 7.39. The van der Waals surface area contributed by atoms with Crippen molar-refractivity contribution >= 4 is 18.4 Å². The van der Waals surface area contributed by atoms with Gasteiger partial charge in [0.2, 0.25) is 0 Å². The number of benzene rings is 1. The molecule has 0 aromatic heterocycles. The number of methoxy groups -OCH3 is 1. The van der Waals surface area contributed by atoms with Gasteiger partial charge >= 0.3 is 5.97 Å². The van der Waals surface area contributed by atoms with Gasteiger partial charge < -0.3 is 10.5 Å². The van der Waals surface area contributed by atoms with E-state index in [1.165, 1.54) is 7.11 Å². The van der Waals surface area contributed by atoms with Crippen LogP contribution in [-0.4, -0.2) is 13.1 Å². The van der Waals surface area contributed by atoms with Crippen LogP contribution in [0.3, 0.4) is 0 Å². The molecule has 0 unspecified atom stereocenters. The average Bonchev–Trinajstić information content (AvgIpc) is 2.26. The molecule has 0 saturated carbocycles. The molecule has 2 N–H and O–H groups in total. The molecule has 1 rings (SSSR count). The number of nitrogens with two attached hydrogens (primary N) is 1. The molecule has 0 radical (unpaired) electrons. The fraction of sp³-hybridized carbons (Fsp3) is 0.462. The number of halogens is 1. The lowest BCUT2D eigenvalue weighted by molar-refractivity contribution is -0.152. The van der Waals surface area contributed by atoms with E-state index in [9.17, 15) is 4.79 Å². The Morgan fingerprint density at radius 1 is 1.41 bits per heavy atom. The second-order valence-corrected chi connectivity index (χ2v) is 4.61. The van der Waals surface area contributed by atoms with E-state index in [1.54, 1.807) is 13.8 Å². The van der Waals surface area contributed by atoms with Crippen molar-refractivity contribution in [3.63, 3.8) is 0 Å². The summed E-state index contributed by atoms with van der Waals surface area (Å²) in [6.45, 7) is 5.60. The standard InChI is InChI=1S/C13H19NO2.ClH/c1-9-6-5-7-10(8-9)11(14)13(2,3)12(15)16-4;/h5-8,11H,14H2,1-4H3;1H/t11-;/m0./s1. The number of ether oxygens (including phenoxy) is 1. The molecule has 0 aliphatic carbocycles. The SMILES string of the molecule is COC(=O)C(C)(C)[C@@H](N)c1cccc(C)c1.Cl. The normalized spacial score (nSPS) is 12.5. The molecule has 0 spiro atoms. The van der Waals surface area contributed by atoms with Gasteiger partial charge in [0, 0.05) is 6.04 Å². The van der Waals surface area contributed by atoms with Crippen LogP contribution in [0.2, 0.25) is 0 Å². The molecule has 0 bridgehead atoms. The largest absolute Gasteiger partial charge is 0.469 e. The van der Waals surface area contributed by atoms with Crippen molar-refractivity contribution in [3.8, 4) is 0 Å². The summed E-state index contributed by atoms with van der Waals surface area (Å²) in [6.07, 6.45) is 0. The third-order valence-corrected chi connectivity index (χ3v) is 2.89. The van der Waals surface area contributed by atoms with Crippen LogP contribution in [0, 0.1) is 12.3 Å². The second kappa shape index (κ2) is 6.03. The Morgan fingerprint density at radius 2 is 2.00 bits per heavy atom. The molecule has 0 fully saturated rings. The zero-order valence-electron chi connectivity index (χ0n) is 10.7. The molecule has 4 heteroatoms. The van der Waals surface area contributed by atoms with Gasteiger partial charge in [-0.3, -0.25) is 4.79 Å². The molecule has 1 atom stereocenters. The third kappa shape index (κ3) is 3.45. The minimum atomic E-state index is -0.720. The van der Waals surface area contributed by atoms with Gasteiger partial charge in [-0.1, -0.05) is 29.8 Å². The van der Waals surface area contributed by atoms with Crippen LogP contribution >= 0.6 is 12.4 Å². The summed E-state index contributed by atoms with van der Waals surface area (Å²) in [5.41, 5.74) is 7.48. The van der Waals surface area contributed by atoms with Crippen LogP contribution in [0.15, 0.2) is 24.3 Å². The van der Waals surface area contributed by atoms with Crippen LogP contribution in [0.5, 0.6) is 0 Å². The number of esters is 1. The Hall–Kier alpha value is -1.06. The summed E-state index contributed by atoms with van der Waals surface area (Å²) in [5.74, 6) is -0.290. The number of carbonyl (C=O) groups is 1. The van der Waals surface area contributed by atoms with Gasteiger partial charge in [0.05, 0.1) is 12.5 Å². The lowest BCUT2D eigenvalue weighted by Gasteiger charge is -2.29. The van der Waals surface area contributed by atoms with Crippen LogP contribution in [0.4, 0.5) is 0 Å². The highest BCUT2D eigenvalue weighted by Gasteiger charge is 2.36. The van der Waals surface area contributed by atoms with E-state index in [1.807, 2.05) is 31.2 Å². The van der Waals surface area contributed by atoms with Gasteiger partial charge in [-0.25, -0.2) is 0 Å². The highest BCUT2D eigenvalue weighted by atomic mass is 35.5. The van der Waals surface area contributed by atoms with E-state index in [0.717, 1.165) is 11.1 Å². The molecule has 0 aliphatic rings. The van der Waals surface area contributed by atoms with Gasteiger partial charge in [0.25, 0.3) is 0 Å². The number of aryl methyl sites for hydroxylation is 1. The predicted molar refractivity (Wildman–Crippen MR) is 71.2 cm³/mol. The summed E-state index contributed by atoms with van der Waals surface area (Å²) in [6, 6.07) is 7.51. The molecule has 1 aromatic carbocycles. The number of hydrogen-bond acceptors (Lipinski definition) is 3. The third-order valence-electron chi connectivity index (χ3n) is 2.89. The fourth-order valence-corrected chi connectivity index (χ4v) is 1.67. The van der Waals surface area contributed by atoms with E-state index in [0.29, 0.717) is 0 Å². The molecular formula is C13H20ClNO2. The molecule has 0 heterocycles. The monoisotopic (exact) mass is 257 g/mol. The minimum Gasteiger partial charge on any atom is -0.469 e. The second-order valence-electron chi connectivity index (χ2n) is 4.61. The molecule has 3 nitrogen and oxygen atoms in total. The van der Waals surface area contributed by atoms with Gasteiger partial charge in [-0.2, -0.15) is 0 Å². The van der Waals surface area contributed by atoms with Crippen LogP contribution in [0.1, 0.15) is 31.0 Å². The fourth-order valence-electron chi connectivity index (χ4n) is 1.67. The summed E-state index contributed by atoms with van der Waals surface area (Å²) in [7, 11) is 1.38. The average molecular weight is 258 g/mol. The van der Waals surface area contributed by atoms with Crippen LogP contribution in [-0.2, 0) is 9.53 Å². The number of rotatable bonds is 3. The van der Waals surface area contributed by atoms with Crippen molar-refractivity contribution in [3.05, 3.63) is 35.4 Å². The van der Waals surface area contributed by atoms with E-state index in [-0.39, 0.29) is 24.4 Å². The first-order valence-corrected chi connectivity index (χ1v) is 5.30. The lowest BCUT2D eigenvalue weighted by atomic mass is 9.81.